The molecule has 5 N–H and O–H groups in total. The lowest BCUT2D eigenvalue weighted by Crippen LogP contribution is -2.51. The maximum Gasteiger partial charge on any atom is 0.451 e. The summed E-state index contributed by atoms with van der Waals surface area (Å²) in [6, 6.07) is 0. The van der Waals surface area contributed by atoms with E-state index >= 15 is 0 Å². The predicted octanol–water partition coefficient (Wildman–Crippen LogP) is -0.0875. The molecule has 0 aromatic heterocycles. The minimum absolute atomic E-state index is 0.250. The molecular weight excluding hydrogens is 287 g/mol. The van der Waals surface area contributed by atoms with E-state index in [1.165, 1.54) is 0 Å². The van der Waals surface area contributed by atoms with Crippen molar-refractivity contribution in [3.63, 3.8) is 0 Å². The standard InChI is InChI=1S/C14H29BN2O5/c1-22-12-4-9-17(10-5-12)11-7-14(16,13(18)19)6-2-3-8-15(20)21/h12,20-21H,2-11,16H2,1H3,(H,18,19). The summed E-state index contributed by atoms with van der Waals surface area (Å²) >= 11 is 0. The molecule has 0 radical (unpaired) electrons. The zero-order chi connectivity index (χ0) is 16.6. The number of unbranched alkanes of at least 4 members (excludes halogenated alkanes) is 1. The van der Waals surface area contributed by atoms with E-state index in [2.05, 4.69) is 4.90 Å². The molecule has 1 heterocycles. The molecule has 0 aromatic rings. The van der Waals surface area contributed by atoms with Crippen LogP contribution < -0.4 is 5.73 Å². The Balaban J connectivity index is 2.35. The number of carboxylic acids is 1. The normalized spacial score (nSPS) is 19.8. The smallest absolute Gasteiger partial charge is 0.451 e. The summed E-state index contributed by atoms with van der Waals surface area (Å²) in [6.07, 6.45) is 4.38. The van der Waals surface area contributed by atoms with Crippen molar-refractivity contribution in [3.05, 3.63) is 0 Å². The largest absolute Gasteiger partial charge is 0.480 e. The molecule has 22 heavy (non-hydrogen) atoms. The molecule has 0 spiro atoms. The number of piperidine rings is 1. The van der Waals surface area contributed by atoms with Gasteiger partial charge in [0.05, 0.1) is 6.10 Å². The van der Waals surface area contributed by atoms with Gasteiger partial charge in [-0.3, -0.25) is 4.79 Å². The van der Waals surface area contributed by atoms with Gasteiger partial charge in [-0.15, -0.1) is 0 Å². The predicted molar refractivity (Wildman–Crippen MR) is 84.5 cm³/mol. The highest BCUT2D eigenvalue weighted by Gasteiger charge is 2.34. The third-order valence-electron chi connectivity index (χ3n) is 4.50. The first-order chi connectivity index (χ1) is 10.4. The van der Waals surface area contributed by atoms with Crippen LogP contribution in [0, 0.1) is 0 Å². The van der Waals surface area contributed by atoms with E-state index in [-0.39, 0.29) is 6.32 Å². The van der Waals surface area contributed by atoms with Crippen LogP contribution in [0.3, 0.4) is 0 Å². The molecule has 1 unspecified atom stereocenters. The van der Waals surface area contributed by atoms with Crippen molar-refractivity contribution in [1.82, 2.24) is 4.90 Å². The van der Waals surface area contributed by atoms with Crippen LogP contribution in [0.4, 0.5) is 0 Å². The van der Waals surface area contributed by atoms with Gasteiger partial charge in [0.1, 0.15) is 5.54 Å². The van der Waals surface area contributed by atoms with E-state index in [0.717, 1.165) is 25.9 Å². The molecule has 0 bridgehead atoms. The first-order valence-electron chi connectivity index (χ1n) is 8.01. The van der Waals surface area contributed by atoms with Crippen LogP contribution >= 0.6 is 0 Å². The van der Waals surface area contributed by atoms with Crippen LogP contribution in [-0.4, -0.2) is 71.5 Å². The molecular formula is C14H29BN2O5. The highest BCUT2D eigenvalue weighted by atomic mass is 16.5. The van der Waals surface area contributed by atoms with Crippen LogP contribution in [0.15, 0.2) is 0 Å². The Morgan fingerprint density at radius 2 is 1.95 bits per heavy atom. The molecule has 1 saturated heterocycles. The fourth-order valence-electron chi connectivity index (χ4n) is 2.83. The van der Waals surface area contributed by atoms with Crippen LogP contribution in [0.2, 0.25) is 6.32 Å². The van der Waals surface area contributed by atoms with Crippen molar-refractivity contribution in [1.29, 1.82) is 0 Å². The fraction of sp³-hybridized carbons (Fsp3) is 0.929. The molecule has 1 atom stereocenters. The second kappa shape index (κ2) is 9.47. The molecule has 0 amide bonds. The zero-order valence-corrected chi connectivity index (χ0v) is 13.4. The summed E-state index contributed by atoms with van der Waals surface area (Å²) in [5.74, 6) is -0.983. The molecule has 8 heteroatoms. The second-order valence-electron chi connectivity index (χ2n) is 6.21. The van der Waals surface area contributed by atoms with E-state index in [1.54, 1.807) is 7.11 Å². The lowest BCUT2D eigenvalue weighted by atomic mass is 9.81. The number of nitrogens with zero attached hydrogens (tertiary/aromatic N) is 1. The van der Waals surface area contributed by atoms with Crippen molar-refractivity contribution < 1.29 is 24.7 Å². The van der Waals surface area contributed by atoms with Crippen LogP contribution in [0.5, 0.6) is 0 Å². The number of carboxylic acid groups (broad SMARTS) is 1. The van der Waals surface area contributed by atoms with Crippen molar-refractivity contribution in [2.75, 3.05) is 26.7 Å². The average Bonchev–Trinajstić information content (AvgIpc) is 2.49. The fourth-order valence-corrected chi connectivity index (χ4v) is 2.83. The molecule has 0 aliphatic carbocycles. The Morgan fingerprint density at radius 3 is 2.45 bits per heavy atom. The van der Waals surface area contributed by atoms with Crippen LogP contribution in [0.1, 0.15) is 38.5 Å². The summed E-state index contributed by atoms with van der Waals surface area (Å²) < 4.78 is 5.32. The zero-order valence-electron chi connectivity index (χ0n) is 13.4. The molecule has 128 valence electrons. The molecule has 7 nitrogen and oxygen atoms in total. The minimum atomic E-state index is -1.33. The van der Waals surface area contributed by atoms with Crippen molar-refractivity contribution >= 4 is 13.1 Å². The quantitative estimate of drug-likeness (QED) is 0.329. The van der Waals surface area contributed by atoms with E-state index in [0.29, 0.717) is 38.3 Å². The van der Waals surface area contributed by atoms with Crippen molar-refractivity contribution in [2.24, 2.45) is 5.73 Å². The third-order valence-corrected chi connectivity index (χ3v) is 4.50. The summed E-state index contributed by atoms with van der Waals surface area (Å²) in [5, 5.41) is 27.0. The van der Waals surface area contributed by atoms with Gasteiger partial charge in [0.2, 0.25) is 0 Å². The van der Waals surface area contributed by atoms with Gasteiger partial charge in [0.15, 0.2) is 0 Å². The lowest BCUT2D eigenvalue weighted by Gasteiger charge is -2.33. The maximum atomic E-state index is 11.5. The SMILES string of the molecule is COC1CCN(CCC(N)(CCCCB(O)O)C(=O)O)CC1. The second-order valence-corrected chi connectivity index (χ2v) is 6.21. The van der Waals surface area contributed by atoms with Crippen molar-refractivity contribution in [2.45, 2.75) is 56.5 Å². The highest BCUT2D eigenvalue weighted by Crippen LogP contribution is 2.20. The van der Waals surface area contributed by atoms with Crippen molar-refractivity contribution in [3.8, 4) is 0 Å². The van der Waals surface area contributed by atoms with E-state index in [9.17, 15) is 9.90 Å². The number of nitrogens with two attached hydrogens (primary N) is 1. The summed E-state index contributed by atoms with van der Waals surface area (Å²) in [7, 11) is 0.387. The van der Waals surface area contributed by atoms with E-state index < -0.39 is 18.6 Å². The maximum absolute atomic E-state index is 11.5. The Labute approximate surface area is 132 Å². The number of hydrogen-bond acceptors (Lipinski definition) is 6. The third kappa shape index (κ3) is 6.62. The Morgan fingerprint density at radius 1 is 1.32 bits per heavy atom. The number of likely N-dealkylation sites (tertiary alicyclic amines) is 1. The Bertz CT molecular complexity index is 337. The topological polar surface area (TPSA) is 116 Å². The van der Waals surface area contributed by atoms with Gasteiger partial charge in [-0.2, -0.15) is 0 Å². The van der Waals surface area contributed by atoms with Crippen LogP contribution in [0.25, 0.3) is 0 Å². The minimum Gasteiger partial charge on any atom is -0.480 e. The monoisotopic (exact) mass is 316 g/mol. The van der Waals surface area contributed by atoms with E-state index in [4.69, 9.17) is 20.5 Å². The number of methoxy groups -OCH3 is 1. The summed E-state index contributed by atoms with van der Waals surface area (Å²) in [5.41, 5.74) is 4.81. The molecule has 1 rings (SSSR count). The first kappa shape index (κ1) is 19.4. The Hall–Kier alpha value is -0.665. The number of aliphatic carboxylic acids is 1. The average molecular weight is 316 g/mol. The van der Waals surface area contributed by atoms with Gasteiger partial charge >= 0.3 is 13.1 Å². The summed E-state index contributed by atoms with van der Waals surface area (Å²) in [6.45, 7) is 2.48. The number of rotatable bonds is 10. The Kier molecular flexibility index (Phi) is 8.34. The molecule has 1 aliphatic heterocycles. The van der Waals surface area contributed by atoms with Gasteiger partial charge < -0.3 is 30.5 Å². The van der Waals surface area contributed by atoms with Crippen LogP contribution in [-0.2, 0) is 9.53 Å². The molecule has 1 aliphatic rings. The van der Waals surface area contributed by atoms with E-state index in [1.807, 2.05) is 0 Å². The number of carbonyl (C=O) groups is 1. The first-order valence-corrected chi connectivity index (χ1v) is 8.01. The number of hydrogen-bond donors (Lipinski definition) is 4. The molecule has 1 fully saturated rings. The van der Waals surface area contributed by atoms with Gasteiger partial charge in [-0.1, -0.05) is 12.8 Å². The van der Waals surface area contributed by atoms with Gasteiger partial charge in [0, 0.05) is 26.7 Å². The van der Waals surface area contributed by atoms with Gasteiger partial charge in [-0.25, -0.2) is 0 Å². The summed E-state index contributed by atoms with van der Waals surface area (Å²) in [4.78, 5) is 13.7. The van der Waals surface area contributed by atoms with Gasteiger partial charge in [0.25, 0.3) is 0 Å². The molecule has 0 saturated carbocycles. The van der Waals surface area contributed by atoms with Gasteiger partial charge in [-0.05, 0) is 32.0 Å². The lowest BCUT2D eigenvalue weighted by molar-refractivity contribution is -0.144. The highest BCUT2D eigenvalue weighted by molar-refractivity contribution is 6.40. The molecule has 0 aromatic carbocycles. The number of ether oxygens (including phenoxy) is 1.